The highest BCUT2D eigenvalue weighted by Crippen LogP contribution is 2.22. The van der Waals surface area contributed by atoms with Gasteiger partial charge in [0.2, 0.25) is 5.91 Å². The minimum atomic E-state index is 0.146. The molecule has 1 aromatic heterocycles. The summed E-state index contributed by atoms with van der Waals surface area (Å²) < 4.78 is 0. The highest BCUT2D eigenvalue weighted by molar-refractivity contribution is 6.29. The van der Waals surface area contributed by atoms with E-state index >= 15 is 0 Å². The zero-order chi connectivity index (χ0) is 11.5. The number of aromatic nitrogens is 2. The van der Waals surface area contributed by atoms with Gasteiger partial charge in [0.1, 0.15) is 5.15 Å². The summed E-state index contributed by atoms with van der Waals surface area (Å²) in [5.41, 5.74) is 0.833. The molecule has 4 nitrogen and oxygen atoms in total. The van der Waals surface area contributed by atoms with Crippen molar-refractivity contribution in [3.8, 4) is 0 Å². The molecule has 1 amide bonds. The molecule has 0 N–H and O–H groups in total. The molecule has 1 atom stereocenters. The Hall–Kier alpha value is -1.16. The van der Waals surface area contributed by atoms with Crippen LogP contribution in [0.25, 0.3) is 0 Å². The Morgan fingerprint density at radius 2 is 2.31 bits per heavy atom. The van der Waals surface area contributed by atoms with Gasteiger partial charge in [-0.15, -0.1) is 0 Å². The summed E-state index contributed by atoms with van der Waals surface area (Å²) in [6.45, 7) is 3.26. The van der Waals surface area contributed by atoms with E-state index in [1.165, 1.54) is 0 Å². The molecule has 0 saturated carbocycles. The molecule has 1 unspecified atom stereocenters. The van der Waals surface area contributed by atoms with Gasteiger partial charge in [-0.2, -0.15) is 0 Å². The second-order valence-electron chi connectivity index (χ2n) is 4.12. The standard InChI is InChI=1S/C11H14ClN3O/c1-8(16)15-5-2-9(7-15)6-10-11(12)14-4-3-13-10/h3-4,9H,2,5-7H2,1H3. The van der Waals surface area contributed by atoms with Crippen LogP contribution in [0.2, 0.25) is 5.15 Å². The van der Waals surface area contributed by atoms with Gasteiger partial charge in [0.25, 0.3) is 0 Å². The molecule has 0 bridgehead atoms. The summed E-state index contributed by atoms with van der Waals surface area (Å²) in [6, 6.07) is 0. The van der Waals surface area contributed by atoms with Crippen molar-refractivity contribution in [2.45, 2.75) is 19.8 Å². The van der Waals surface area contributed by atoms with Crippen LogP contribution in [-0.2, 0) is 11.2 Å². The van der Waals surface area contributed by atoms with E-state index in [1.807, 2.05) is 4.90 Å². The number of carbonyl (C=O) groups excluding carboxylic acids is 1. The third-order valence-corrected chi connectivity index (χ3v) is 3.25. The fourth-order valence-corrected chi connectivity index (χ4v) is 2.23. The van der Waals surface area contributed by atoms with E-state index in [1.54, 1.807) is 19.3 Å². The molecule has 0 spiro atoms. The molecule has 1 saturated heterocycles. The van der Waals surface area contributed by atoms with E-state index in [-0.39, 0.29) is 5.91 Å². The van der Waals surface area contributed by atoms with Crippen molar-refractivity contribution in [1.82, 2.24) is 14.9 Å². The molecule has 16 heavy (non-hydrogen) atoms. The van der Waals surface area contributed by atoms with Crippen LogP contribution in [0.15, 0.2) is 12.4 Å². The zero-order valence-electron chi connectivity index (χ0n) is 9.19. The maximum atomic E-state index is 11.2. The number of likely N-dealkylation sites (tertiary alicyclic amines) is 1. The third-order valence-electron chi connectivity index (χ3n) is 2.94. The van der Waals surface area contributed by atoms with Crippen LogP contribution in [0.5, 0.6) is 0 Å². The van der Waals surface area contributed by atoms with Crippen molar-refractivity contribution in [1.29, 1.82) is 0 Å². The van der Waals surface area contributed by atoms with Crippen LogP contribution < -0.4 is 0 Å². The Kier molecular flexibility index (Phi) is 3.39. The van der Waals surface area contributed by atoms with Gasteiger partial charge < -0.3 is 4.90 Å². The minimum Gasteiger partial charge on any atom is -0.343 e. The van der Waals surface area contributed by atoms with Crippen molar-refractivity contribution in [2.75, 3.05) is 13.1 Å². The van der Waals surface area contributed by atoms with Gasteiger partial charge in [0.15, 0.2) is 0 Å². The first kappa shape index (κ1) is 11.3. The third kappa shape index (κ3) is 2.50. The van der Waals surface area contributed by atoms with E-state index in [4.69, 9.17) is 11.6 Å². The predicted molar refractivity (Wildman–Crippen MR) is 61.1 cm³/mol. The van der Waals surface area contributed by atoms with Crippen LogP contribution in [0.1, 0.15) is 19.0 Å². The Morgan fingerprint density at radius 1 is 1.56 bits per heavy atom. The Labute approximate surface area is 99.6 Å². The largest absolute Gasteiger partial charge is 0.343 e. The molecule has 1 fully saturated rings. The SMILES string of the molecule is CC(=O)N1CCC(Cc2nccnc2Cl)C1. The molecular formula is C11H14ClN3O. The molecule has 1 aliphatic rings. The number of amides is 1. The first-order valence-corrected chi connectivity index (χ1v) is 5.75. The number of hydrogen-bond acceptors (Lipinski definition) is 3. The van der Waals surface area contributed by atoms with Crippen molar-refractivity contribution in [3.05, 3.63) is 23.2 Å². The summed E-state index contributed by atoms with van der Waals surface area (Å²) >= 11 is 5.95. The Bertz CT molecular complexity index is 397. The maximum absolute atomic E-state index is 11.2. The van der Waals surface area contributed by atoms with Crippen LogP contribution in [0, 0.1) is 5.92 Å². The first-order chi connectivity index (χ1) is 7.66. The van der Waals surface area contributed by atoms with Crippen molar-refractivity contribution in [3.63, 3.8) is 0 Å². The summed E-state index contributed by atoms with van der Waals surface area (Å²) in [7, 11) is 0. The lowest BCUT2D eigenvalue weighted by molar-refractivity contribution is -0.127. The van der Waals surface area contributed by atoms with Gasteiger partial charge in [0.05, 0.1) is 5.69 Å². The number of carbonyl (C=O) groups is 1. The summed E-state index contributed by atoms with van der Waals surface area (Å²) in [6.07, 6.45) is 5.06. The fourth-order valence-electron chi connectivity index (χ4n) is 2.05. The molecule has 1 aromatic rings. The molecule has 0 aliphatic carbocycles. The highest BCUT2D eigenvalue weighted by Gasteiger charge is 2.25. The van der Waals surface area contributed by atoms with Crippen LogP contribution >= 0.6 is 11.6 Å². The van der Waals surface area contributed by atoms with E-state index in [0.29, 0.717) is 11.1 Å². The lowest BCUT2D eigenvalue weighted by Crippen LogP contribution is -2.26. The van der Waals surface area contributed by atoms with Crippen LogP contribution in [0.4, 0.5) is 0 Å². The van der Waals surface area contributed by atoms with E-state index in [0.717, 1.165) is 31.6 Å². The normalized spacial score (nSPS) is 20.1. The molecule has 5 heteroatoms. The van der Waals surface area contributed by atoms with Gasteiger partial charge >= 0.3 is 0 Å². The lowest BCUT2D eigenvalue weighted by atomic mass is 10.0. The van der Waals surface area contributed by atoms with Crippen molar-refractivity contribution >= 4 is 17.5 Å². The maximum Gasteiger partial charge on any atom is 0.219 e. The monoisotopic (exact) mass is 239 g/mol. The summed E-state index contributed by atoms with van der Waals surface area (Å²) in [4.78, 5) is 21.3. The fraction of sp³-hybridized carbons (Fsp3) is 0.545. The smallest absolute Gasteiger partial charge is 0.219 e. The van der Waals surface area contributed by atoms with Gasteiger partial charge in [0, 0.05) is 32.4 Å². The van der Waals surface area contributed by atoms with E-state index in [2.05, 4.69) is 9.97 Å². The number of nitrogens with zero attached hydrogens (tertiary/aromatic N) is 3. The predicted octanol–water partition coefficient (Wildman–Crippen LogP) is 1.54. The van der Waals surface area contributed by atoms with Crippen molar-refractivity contribution < 1.29 is 4.79 Å². The van der Waals surface area contributed by atoms with Gasteiger partial charge in [-0.25, -0.2) is 4.98 Å². The molecule has 2 rings (SSSR count). The highest BCUT2D eigenvalue weighted by atomic mass is 35.5. The molecule has 0 aromatic carbocycles. The van der Waals surface area contributed by atoms with Gasteiger partial charge in [-0.1, -0.05) is 11.6 Å². The average molecular weight is 240 g/mol. The zero-order valence-corrected chi connectivity index (χ0v) is 9.94. The minimum absolute atomic E-state index is 0.146. The van der Waals surface area contributed by atoms with E-state index in [9.17, 15) is 4.79 Å². The second kappa shape index (κ2) is 4.78. The summed E-state index contributed by atoms with van der Waals surface area (Å²) in [5, 5.41) is 0.476. The number of rotatable bonds is 2. The van der Waals surface area contributed by atoms with Crippen LogP contribution in [0.3, 0.4) is 0 Å². The van der Waals surface area contributed by atoms with Crippen LogP contribution in [-0.4, -0.2) is 33.9 Å². The topological polar surface area (TPSA) is 46.1 Å². The molecule has 0 radical (unpaired) electrons. The van der Waals surface area contributed by atoms with Crippen molar-refractivity contribution in [2.24, 2.45) is 5.92 Å². The first-order valence-electron chi connectivity index (χ1n) is 5.37. The van der Waals surface area contributed by atoms with Gasteiger partial charge in [-0.05, 0) is 18.8 Å². The lowest BCUT2D eigenvalue weighted by Gasteiger charge is -2.13. The quantitative estimate of drug-likeness (QED) is 0.787. The van der Waals surface area contributed by atoms with Gasteiger partial charge in [-0.3, -0.25) is 9.78 Å². The Balaban J connectivity index is 1.97. The second-order valence-corrected chi connectivity index (χ2v) is 4.48. The number of hydrogen-bond donors (Lipinski definition) is 0. The Morgan fingerprint density at radius 3 is 2.94 bits per heavy atom. The molecule has 1 aliphatic heterocycles. The molecular weight excluding hydrogens is 226 g/mol. The molecule has 86 valence electrons. The number of halogens is 1. The average Bonchev–Trinajstić information content (AvgIpc) is 2.70. The van der Waals surface area contributed by atoms with E-state index < -0.39 is 0 Å². The molecule has 2 heterocycles. The summed E-state index contributed by atoms with van der Waals surface area (Å²) in [5.74, 6) is 0.603.